The smallest absolute Gasteiger partial charge is 0.279 e. The van der Waals surface area contributed by atoms with Gasteiger partial charge in [0, 0.05) is 24.3 Å². The van der Waals surface area contributed by atoms with E-state index in [9.17, 15) is 8.78 Å². The molecule has 0 aliphatic heterocycles. The monoisotopic (exact) mass is 390 g/mol. The zero-order valence-corrected chi connectivity index (χ0v) is 15.7. The molecule has 2 aromatic rings. The highest BCUT2D eigenvalue weighted by atomic mass is 19.3. The van der Waals surface area contributed by atoms with Crippen LogP contribution in [0.25, 0.3) is 11.3 Å². The molecule has 1 aliphatic carbocycles. The number of alkyl halides is 2. The minimum Gasteiger partial charge on any atom is -0.479 e. The molecule has 0 unspecified atom stereocenters. The Hall–Kier alpha value is -2.97. The average molecular weight is 390 g/mol. The van der Waals surface area contributed by atoms with Crippen LogP contribution in [0.15, 0.2) is 41.4 Å². The van der Waals surface area contributed by atoms with Crippen molar-refractivity contribution in [3.8, 4) is 5.88 Å². The predicted octanol–water partition coefficient (Wildman–Crippen LogP) is 3.14. The quantitative estimate of drug-likeness (QED) is 0.709. The predicted molar refractivity (Wildman–Crippen MR) is 104 cm³/mol. The zero-order chi connectivity index (χ0) is 20.1. The first kappa shape index (κ1) is 19.8. The number of aromatic nitrogens is 3. The van der Waals surface area contributed by atoms with Gasteiger partial charge in [-0.25, -0.2) is 18.3 Å². The van der Waals surface area contributed by atoms with Crippen molar-refractivity contribution in [1.82, 2.24) is 19.9 Å². The number of allylic oxidation sites excluding steroid dienone is 2. The fourth-order valence-electron chi connectivity index (χ4n) is 3.21. The van der Waals surface area contributed by atoms with Crippen molar-refractivity contribution in [3.05, 3.63) is 42.0 Å². The second-order valence-corrected chi connectivity index (χ2v) is 6.62. The molecule has 0 amide bonds. The molecule has 0 spiro atoms. The Morgan fingerprint density at radius 2 is 2.18 bits per heavy atom. The van der Waals surface area contributed by atoms with Gasteiger partial charge in [-0.3, -0.25) is 4.99 Å². The Kier molecular flexibility index (Phi) is 6.23. The molecule has 2 aromatic heterocycles. The third-order valence-corrected chi connectivity index (χ3v) is 4.68. The molecule has 0 saturated heterocycles. The van der Waals surface area contributed by atoms with Gasteiger partial charge in [0.2, 0.25) is 5.88 Å². The number of methoxy groups -OCH3 is 1. The second-order valence-electron chi connectivity index (χ2n) is 6.62. The third-order valence-electron chi connectivity index (χ3n) is 4.68. The van der Waals surface area contributed by atoms with E-state index in [-0.39, 0.29) is 17.6 Å². The Morgan fingerprint density at radius 1 is 1.43 bits per heavy atom. The number of nitrogens with zero attached hydrogens (tertiary/aromatic N) is 4. The lowest BCUT2D eigenvalue weighted by Gasteiger charge is -2.18. The molecular weight excluding hydrogens is 366 g/mol. The maximum Gasteiger partial charge on any atom is 0.279 e. The molecule has 0 atom stereocenters. The van der Waals surface area contributed by atoms with Crippen LogP contribution in [0.2, 0.25) is 0 Å². The zero-order valence-electron chi connectivity index (χ0n) is 15.7. The van der Waals surface area contributed by atoms with Crippen LogP contribution in [-0.4, -0.2) is 40.4 Å². The van der Waals surface area contributed by atoms with Crippen LogP contribution in [0, 0.1) is 0 Å². The lowest BCUT2D eigenvalue weighted by Crippen LogP contribution is -2.23. The summed E-state index contributed by atoms with van der Waals surface area (Å²) >= 11 is 0. The van der Waals surface area contributed by atoms with Gasteiger partial charge in [0.1, 0.15) is 11.3 Å². The van der Waals surface area contributed by atoms with Gasteiger partial charge in [0.25, 0.3) is 6.43 Å². The van der Waals surface area contributed by atoms with E-state index in [2.05, 4.69) is 27.0 Å². The van der Waals surface area contributed by atoms with Gasteiger partial charge in [-0.2, -0.15) is 0 Å². The van der Waals surface area contributed by atoms with Gasteiger partial charge in [0.05, 0.1) is 18.8 Å². The fourth-order valence-corrected chi connectivity index (χ4v) is 3.21. The molecule has 2 heterocycles. The molecule has 3 rings (SSSR count). The van der Waals surface area contributed by atoms with Crippen LogP contribution in [0.5, 0.6) is 5.88 Å². The standard InChI is InChI=1S/C19H24F2N6O/c1-12(15-18-23-9-6-10-27(18)26-19(15)28-2)25-14(16(22)17(20)21)11-24-13-7-4-3-5-8-13/h6,9-11,13,17,25H,1,3-5,7-8,22H2,2H3/b16-14+,24-11?. The molecule has 9 heteroatoms. The van der Waals surface area contributed by atoms with E-state index >= 15 is 0 Å². The minimum atomic E-state index is -2.82. The summed E-state index contributed by atoms with van der Waals surface area (Å²) in [6.45, 7) is 3.95. The lowest BCUT2D eigenvalue weighted by atomic mass is 9.96. The number of rotatable bonds is 7. The molecule has 0 radical (unpaired) electrons. The first-order valence-electron chi connectivity index (χ1n) is 9.16. The lowest BCUT2D eigenvalue weighted by molar-refractivity contribution is 0.186. The number of aliphatic imine (C=N–C) groups is 1. The summed E-state index contributed by atoms with van der Waals surface area (Å²) in [5.41, 5.74) is 6.29. The Balaban J connectivity index is 1.90. The van der Waals surface area contributed by atoms with Crippen LogP contribution in [0.1, 0.15) is 37.7 Å². The van der Waals surface area contributed by atoms with Gasteiger partial charge >= 0.3 is 0 Å². The van der Waals surface area contributed by atoms with Gasteiger partial charge in [-0.15, -0.1) is 5.10 Å². The molecule has 28 heavy (non-hydrogen) atoms. The molecule has 1 aliphatic rings. The number of nitrogens with two attached hydrogens (primary N) is 1. The summed E-state index contributed by atoms with van der Waals surface area (Å²) in [4.78, 5) is 8.73. The summed E-state index contributed by atoms with van der Waals surface area (Å²) in [5.74, 6) is 0.274. The summed E-state index contributed by atoms with van der Waals surface area (Å²) in [6.07, 6.45) is 7.14. The molecule has 1 fully saturated rings. The number of hydrogen-bond donors (Lipinski definition) is 2. The van der Waals surface area contributed by atoms with Crippen molar-refractivity contribution in [3.63, 3.8) is 0 Å². The third kappa shape index (κ3) is 4.29. The fraction of sp³-hybridized carbons (Fsp3) is 0.421. The summed E-state index contributed by atoms with van der Waals surface area (Å²) < 4.78 is 33.4. The van der Waals surface area contributed by atoms with E-state index < -0.39 is 12.1 Å². The van der Waals surface area contributed by atoms with E-state index in [0.717, 1.165) is 25.7 Å². The molecule has 7 nitrogen and oxygen atoms in total. The second kappa shape index (κ2) is 8.81. The number of halogens is 2. The van der Waals surface area contributed by atoms with Gasteiger partial charge in [-0.1, -0.05) is 25.8 Å². The summed E-state index contributed by atoms with van der Waals surface area (Å²) in [6, 6.07) is 1.84. The van der Waals surface area contributed by atoms with Gasteiger partial charge < -0.3 is 15.8 Å². The molecule has 0 bridgehead atoms. The van der Waals surface area contributed by atoms with E-state index in [1.54, 1.807) is 18.5 Å². The van der Waals surface area contributed by atoms with Crippen LogP contribution >= 0.6 is 0 Å². The normalized spacial score (nSPS) is 16.6. The first-order valence-corrected chi connectivity index (χ1v) is 9.16. The van der Waals surface area contributed by atoms with Gasteiger partial charge in [-0.05, 0) is 18.9 Å². The Labute approximate surface area is 162 Å². The van der Waals surface area contributed by atoms with Crippen molar-refractivity contribution in [2.45, 2.75) is 44.6 Å². The number of nitrogens with one attached hydrogen (secondary N) is 1. The van der Waals surface area contributed by atoms with Crippen LogP contribution in [-0.2, 0) is 0 Å². The van der Waals surface area contributed by atoms with E-state index in [1.165, 1.54) is 24.3 Å². The van der Waals surface area contributed by atoms with E-state index in [1.807, 2.05) is 0 Å². The average Bonchev–Trinajstić information content (AvgIpc) is 3.10. The maximum atomic E-state index is 13.3. The highest BCUT2D eigenvalue weighted by Crippen LogP contribution is 2.27. The summed E-state index contributed by atoms with van der Waals surface area (Å²) in [7, 11) is 1.47. The highest BCUT2D eigenvalue weighted by Gasteiger charge is 2.20. The molecular formula is C19H24F2N6O. The Bertz CT molecular complexity index is 899. The molecule has 3 N–H and O–H groups in total. The topological polar surface area (TPSA) is 89.8 Å². The Morgan fingerprint density at radius 3 is 2.86 bits per heavy atom. The largest absolute Gasteiger partial charge is 0.479 e. The van der Waals surface area contributed by atoms with E-state index in [4.69, 9.17) is 10.5 Å². The van der Waals surface area contributed by atoms with Crippen LogP contribution < -0.4 is 15.8 Å². The van der Waals surface area contributed by atoms with Crippen molar-refractivity contribution < 1.29 is 13.5 Å². The van der Waals surface area contributed by atoms with Crippen molar-refractivity contribution >= 4 is 17.6 Å². The maximum absolute atomic E-state index is 13.3. The van der Waals surface area contributed by atoms with Crippen LogP contribution in [0.3, 0.4) is 0 Å². The highest BCUT2D eigenvalue weighted by molar-refractivity contribution is 5.86. The van der Waals surface area contributed by atoms with Crippen molar-refractivity contribution in [2.24, 2.45) is 10.7 Å². The van der Waals surface area contributed by atoms with Crippen molar-refractivity contribution in [2.75, 3.05) is 7.11 Å². The number of ether oxygens (including phenoxy) is 1. The van der Waals surface area contributed by atoms with Crippen molar-refractivity contribution in [1.29, 1.82) is 0 Å². The van der Waals surface area contributed by atoms with E-state index in [0.29, 0.717) is 16.9 Å². The minimum absolute atomic E-state index is 0.0166. The van der Waals surface area contributed by atoms with Crippen LogP contribution in [0.4, 0.5) is 8.78 Å². The molecule has 0 aromatic carbocycles. The van der Waals surface area contributed by atoms with Gasteiger partial charge in [0.15, 0.2) is 5.65 Å². The summed E-state index contributed by atoms with van der Waals surface area (Å²) in [5, 5.41) is 7.13. The molecule has 1 saturated carbocycles. The number of fused-ring (bicyclic) bond motifs is 1. The SMILES string of the molecule is C=C(N/C(C=NC1CCCCC1)=C(/N)C(F)F)c1c(OC)nn2cccnc12. The molecule has 150 valence electrons. The number of hydrogen-bond acceptors (Lipinski definition) is 6. The first-order chi connectivity index (χ1) is 13.5.